The molecular weight excluding hydrogens is 379 g/mol. The van der Waals surface area contributed by atoms with E-state index in [1.807, 2.05) is 6.92 Å². The largest absolute Gasteiger partial charge is 0.478 e. The number of aromatic nitrogens is 2. The summed E-state index contributed by atoms with van der Waals surface area (Å²) in [5.74, 6) is 0.812. The van der Waals surface area contributed by atoms with Crippen molar-refractivity contribution in [2.24, 2.45) is 0 Å². The van der Waals surface area contributed by atoms with Gasteiger partial charge < -0.3 is 10.1 Å². The lowest BCUT2D eigenvalue weighted by atomic mass is 10.1. The highest BCUT2D eigenvalue weighted by Crippen LogP contribution is 2.37. The fourth-order valence-corrected chi connectivity index (χ4v) is 2.91. The molecule has 0 saturated carbocycles. The molecule has 0 aliphatic heterocycles. The predicted octanol–water partition coefficient (Wildman–Crippen LogP) is 5.99. The highest BCUT2D eigenvalue weighted by atomic mass is 35.5. The first-order valence-electron chi connectivity index (χ1n) is 8.87. The summed E-state index contributed by atoms with van der Waals surface area (Å²) in [4.78, 5) is 9.04. The molecule has 0 aliphatic rings. The molecule has 0 bridgehead atoms. The van der Waals surface area contributed by atoms with Gasteiger partial charge in [0.1, 0.15) is 0 Å². The van der Waals surface area contributed by atoms with E-state index >= 15 is 0 Å². The van der Waals surface area contributed by atoms with Gasteiger partial charge in [-0.15, -0.1) is 0 Å². The Hall–Kier alpha value is -2.02. The molecule has 0 aliphatic carbocycles. The van der Waals surface area contributed by atoms with Gasteiger partial charge in [-0.1, -0.05) is 44.4 Å². The monoisotopic (exact) mass is 401 g/mol. The smallest absolute Gasteiger partial charge is 0.416 e. The van der Waals surface area contributed by atoms with Gasteiger partial charge >= 0.3 is 6.18 Å². The maximum Gasteiger partial charge on any atom is 0.416 e. The summed E-state index contributed by atoms with van der Waals surface area (Å²) in [6.45, 7) is 4.76. The zero-order valence-electron chi connectivity index (χ0n) is 15.6. The van der Waals surface area contributed by atoms with Crippen molar-refractivity contribution in [3.8, 4) is 17.1 Å². The summed E-state index contributed by atoms with van der Waals surface area (Å²) < 4.78 is 44.0. The number of nitrogens with one attached hydrogen (secondary N) is 1. The number of alkyl halides is 3. The second-order valence-corrected chi connectivity index (χ2v) is 6.46. The molecule has 2 aromatic rings. The molecule has 1 aromatic heterocycles. The van der Waals surface area contributed by atoms with E-state index in [1.165, 1.54) is 13.2 Å². The number of nitrogens with zero attached hydrogens (tertiary/aromatic N) is 2. The standard InChI is InChI=1S/C19H23ClF3N3O/c1-4-6-7-10-24-17-18(27-3)26-16(15(5-2)25-17)13-9-8-12(11-14(13)20)19(21,22)23/h8-9,11H,4-7,10H2,1-3H3,(H,24,25). The zero-order valence-corrected chi connectivity index (χ0v) is 16.3. The van der Waals surface area contributed by atoms with Crippen molar-refractivity contribution in [2.45, 2.75) is 45.7 Å². The molecule has 27 heavy (non-hydrogen) atoms. The summed E-state index contributed by atoms with van der Waals surface area (Å²) in [6, 6.07) is 3.22. The van der Waals surface area contributed by atoms with Crippen LogP contribution in [0.25, 0.3) is 11.3 Å². The van der Waals surface area contributed by atoms with E-state index < -0.39 is 11.7 Å². The lowest BCUT2D eigenvalue weighted by molar-refractivity contribution is -0.137. The maximum atomic E-state index is 12.9. The number of methoxy groups -OCH3 is 1. The molecule has 0 fully saturated rings. The van der Waals surface area contributed by atoms with Crippen molar-refractivity contribution in [2.75, 3.05) is 19.0 Å². The highest BCUT2D eigenvalue weighted by molar-refractivity contribution is 6.33. The van der Waals surface area contributed by atoms with Gasteiger partial charge in [0.05, 0.1) is 29.1 Å². The first kappa shape index (κ1) is 21.3. The number of aryl methyl sites for hydroxylation is 1. The Morgan fingerprint density at radius 1 is 1.15 bits per heavy atom. The Kier molecular flexibility index (Phi) is 7.30. The Morgan fingerprint density at radius 3 is 2.44 bits per heavy atom. The molecule has 0 amide bonds. The third-order valence-electron chi connectivity index (χ3n) is 4.09. The SMILES string of the molecule is CCCCCNc1nc(CC)c(-c2ccc(C(F)(F)F)cc2Cl)nc1OC. The Morgan fingerprint density at radius 2 is 1.89 bits per heavy atom. The molecule has 1 heterocycles. The minimum Gasteiger partial charge on any atom is -0.478 e. The van der Waals surface area contributed by atoms with E-state index in [-0.39, 0.29) is 10.9 Å². The maximum absolute atomic E-state index is 12.9. The van der Waals surface area contributed by atoms with E-state index in [0.29, 0.717) is 29.2 Å². The summed E-state index contributed by atoms with van der Waals surface area (Å²) in [5.41, 5.74) is 0.649. The number of anilines is 1. The predicted molar refractivity (Wildman–Crippen MR) is 101 cm³/mol. The first-order chi connectivity index (χ1) is 12.8. The van der Waals surface area contributed by atoms with Crippen molar-refractivity contribution in [1.29, 1.82) is 0 Å². The minimum atomic E-state index is -4.45. The molecule has 1 aromatic carbocycles. The average molecular weight is 402 g/mol. The molecule has 4 nitrogen and oxygen atoms in total. The zero-order chi connectivity index (χ0) is 20.0. The fraction of sp³-hybridized carbons (Fsp3) is 0.474. The molecule has 0 saturated heterocycles. The van der Waals surface area contributed by atoms with Gasteiger partial charge in [-0.2, -0.15) is 13.2 Å². The Balaban J connectivity index is 2.42. The third-order valence-corrected chi connectivity index (χ3v) is 4.40. The quantitative estimate of drug-likeness (QED) is 0.552. The summed E-state index contributed by atoms with van der Waals surface area (Å²) in [6.07, 6.45) is -0.702. The van der Waals surface area contributed by atoms with Crippen molar-refractivity contribution < 1.29 is 17.9 Å². The third kappa shape index (κ3) is 5.25. The molecule has 0 radical (unpaired) electrons. The molecule has 2 rings (SSSR count). The number of benzene rings is 1. The number of halogens is 4. The van der Waals surface area contributed by atoms with Crippen LogP contribution >= 0.6 is 11.6 Å². The van der Waals surface area contributed by atoms with Crippen LogP contribution in [0.2, 0.25) is 5.02 Å². The van der Waals surface area contributed by atoms with E-state index in [0.717, 1.165) is 37.9 Å². The van der Waals surface area contributed by atoms with Crippen LogP contribution in [0.5, 0.6) is 5.88 Å². The first-order valence-corrected chi connectivity index (χ1v) is 9.25. The van der Waals surface area contributed by atoms with Crippen LogP contribution in [0, 0.1) is 0 Å². The number of unbranched alkanes of at least 4 members (excludes halogenated alkanes) is 2. The van der Waals surface area contributed by atoms with Gasteiger partial charge in [0.2, 0.25) is 0 Å². The van der Waals surface area contributed by atoms with Crippen molar-refractivity contribution in [3.63, 3.8) is 0 Å². The molecule has 0 unspecified atom stereocenters. The number of hydrogen-bond donors (Lipinski definition) is 1. The summed E-state index contributed by atoms with van der Waals surface area (Å²) in [7, 11) is 1.48. The number of hydrogen-bond acceptors (Lipinski definition) is 4. The van der Waals surface area contributed by atoms with E-state index in [9.17, 15) is 13.2 Å². The fourth-order valence-electron chi connectivity index (χ4n) is 2.64. The van der Waals surface area contributed by atoms with Crippen molar-refractivity contribution >= 4 is 17.4 Å². The van der Waals surface area contributed by atoms with Crippen molar-refractivity contribution in [3.05, 3.63) is 34.5 Å². The van der Waals surface area contributed by atoms with Gasteiger partial charge in [0.25, 0.3) is 5.88 Å². The van der Waals surface area contributed by atoms with Gasteiger partial charge in [-0.3, -0.25) is 0 Å². The van der Waals surface area contributed by atoms with Crippen LogP contribution in [0.1, 0.15) is 44.4 Å². The normalized spacial score (nSPS) is 11.5. The summed E-state index contributed by atoms with van der Waals surface area (Å²) in [5, 5.41) is 3.19. The van der Waals surface area contributed by atoms with Crippen LogP contribution in [-0.4, -0.2) is 23.6 Å². The van der Waals surface area contributed by atoms with Crippen LogP contribution < -0.4 is 10.1 Å². The van der Waals surface area contributed by atoms with E-state index in [4.69, 9.17) is 16.3 Å². The van der Waals surface area contributed by atoms with Gasteiger partial charge in [-0.25, -0.2) is 9.97 Å². The Labute approximate surface area is 162 Å². The molecule has 0 atom stereocenters. The van der Waals surface area contributed by atoms with E-state index in [1.54, 1.807) is 0 Å². The topological polar surface area (TPSA) is 47.0 Å². The summed E-state index contributed by atoms with van der Waals surface area (Å²) >= 11 is 6.13. The highest BCUT2D eigenvalue weighted by Gasteiger charge is 2.31. The van der Waals surface area contributed by atoms with Gasteiger partial charge in [0, 0.05) is 12.1 Å². The van der Waals surface area contributed by atoms with Crippen LogP contribution in [0.4, 0.5) is 19.0 Å². The molecule has 1 N–H and O–H groups in total. The van der Waals surface area contributed by atoms with Crippen LogP contribution in [-0.2, 0) is 12.6 Å². The molecule has 0 spiro atoms. The van der Waals surface area contributed by atoms with Gasteiger partial charge in [0.15, 0.2) is 5.82 Å². The van der Waals surface area contributed by atoms with Crippen molar-refractivity contribution in [1.82, 2.24) is 9.97 Å². The molecule has 8 heteroatoms. The second kappa shape index (κ2) is 9.26. The number of rotatable bonds is 8. The number of ether oxygens (including phenoxy) is 1. The lowest BCUT2D eigenvalue weighted by Gasteiger charge is -2.15. The van der Waals surface area contributed by atoms with E-state index in [2.05, 4.69) is 22.2 Å². The minimum absolute atomic E-state index is 0.0282. The molecule has 148 valence electrons. The van der Waals surface area contributed by atoms with Crippen LogP contribution in [0.3, 0.4) is 0 Å². The molecular formula is C19H23ClF3N3O. The average Bonchev–Trinajstić information content (AvgIpc) is 2.64. The lowest BCUT2D eigenvalue weighted by Crippen LogP contribution is -2.10. The second-order valence-electron chi connectivity index (χ2n) is 6.06. The van der Waals surface area contributed by atoms with Gasteiger partial charge in [-0.05, 0) is 25.0 Å². The Bertz CT molecular complexity index is 782. The van der Waals surface area contributed by atoms with Crippen LogP contribution in [0.15, 0.2) is 18.2 Å².